The first kappa shape index (κ1) is 19.1. The summed E-state index contributed by atoms with van der Waals surface area (Å²) < 4.78 is 24.8. The molecule has 1 heterocycles. The molecule has 3 rings (SSSR count). The first-order valence-electron chi connectivity index (χ1n) is 8.03. The molecule has 0 unspecified atom stereocenters. The minimum atomic E-state index is -3.34. The third-order valence-corrected chi connectivity index (χ3v) is 5.09. The number of benzene rings is 2. The number of rotatable bonds is 7. The Morgan fingerprint density at radius 1 is 1.11 bits per heavy atom. The van der Waals surface area contributed by atoms with Crippen LogP contribution in [0, 0.1) is 6.92 Å². The van der Waals surface area contributed by atoms with E-state index in [1.54, 1.807) is 24.3 Å². The molecule has 0 saturated heterocycles. The van der Waals surface area contributed by atoms with Crippen LogP contribution in [0.2, 0.25) is 0 Å². The molecule has 0 aliphatic rings. The average Bonchev–Trinajstić information content (AvgIpc) is 3.08. The summed E-state index contributed by atoms with van der Waals surface area (Å²) in [5, 5.41) is 7.50. The molecule has 3 aromatic rings. The van der Waals surface area contributed by atoms with Crippen LogP contribution in [0.3, 0.4) is 0 Å². The van der Waals surface area contributed by atoms with E-state index in [9.17, 15) is 13.2 Å². The van der Waals surface area contributed by atoms with Gasteiger partial charge in [-0.05, 0) is 31.2 Å². The van der Waals surface area contributed by atoms with Gasteiger partial charge >= 0.3 is 0 Å². The summed E-state index contributed by atoms with van der Waals surface area (Å²) in [7, 11) is -3.34. The summed E-state index contributed by atoms with van der Waals surface area (Å²) in [6, 6.07) is 14.2. The number of ketones is 1. The highest BCUT2D eigenvalue weighted by Gasteiger charge is 2.11. The fourth-order valence-corrected chi connectivity index (χ4v) is 3.56. The number of Topliss-reactive ketones (excluding diaryl/α,β-unsaturated/α-hetero) is 1. The van der Waals surface area contributed by atoms with Crippen LogP contribution in [0.15, 0.2) is 53.7 Å². The van der Waals surface area contributed by atoms with E-state index in [1.165, 1.54) is 11.8 Å². The van der Waals surface area contributed by atoms with Crippen LogP contribution >= 0.6 is 11.8 Å². The number of thioether (sulfide) groups is 1. The monoisotopic (exact) mass is 402 g/mol. The lowest BCUT2D eigenvalue weighted by atomic mass is 10.1. The number of hydrogen-bond acceptors (Lipinski definition) is 6. The number of hydrogen-bond donors (Lipinski definition) is 2. The fourth-order valence-electron chi connectivity index (χ4n) is 2.30. The van der Waals surface area contributed by atoms with Gasteiger partial charge in [0.2, 0.25) is 15.2 Å². The molecule has 2 aromatic carbocycles. The van der Waals surface area contributed by atoms with Gasteiger partial charge in [0, 0.05) is 16.8 Å². The summed E-state index contributed by atoms with van der Waals surface area (Å²) in [4.78, 5) is 16.7. The Morgan fingerprint density at radius 2 is 1.78 bits per heavy atom. The van der Waals surface area contributed by atoms with Crippen molar-refractivity contribution in [3.05, 3.63) is 59.7 Å². The summed E-state index contributed by atoms with van der Waals surface area (Å²) >= 11 is 1.24. The van der Waals surface area contributed by atoms with E-state index in [1.807, 2.05) is 31.2 Å². The summed E-state index contributed by atoms with van der Waals surface area (Å²) in [5.74, 6) is 0.748. The molecule has 1 aromatic heterocycles. The van der Waals surface area contributed by atoms with Crippen molar-refractivity contribution in [2.75, 3.05) is 16.7 Å². The Morgan fingerprint density at radius 3 is 2.41 bits per heavy atom. The second kappa shape index (κ2) is 7.93. The number of sulfonamides is 1. The zero-order valence-electron chi connectivity index (χ0n) is 14.8. The molecule has 0 fully saturated rings. The topological polar surface area (TPSA) is 105 Å². The van der Waals surface area contributed by atoms with E-state index in [0.29, 0.717) is 22.2 Å². The van der Waals surface area contributed by atoms with E-state index in [-0.39, 0.29) is 11.5 Å². The molecule has 2 N–H and O–H groups in total. The van der Waals surface area contributed by atoms with E-state index in [4.69, 9.17) is 0 Å². The fraction of sp³-hybridized carbons (Fsp3) is 0.167. The van der Waals surface area contributed by atoms with E-state index in [2.05, 4.69) is 19.9 Å². The number of aryl methyl sites for hydroxylation is 1. The van der Waals surface area contributed by atoms with Gasteiger partial charge in [-0.15, -0.1) is 5.10 Å². The minimum Gasteiger partial charge on any atom is -0.293 e. The van der Waals surface area contributed by atoms with Crippen molar-refractivity contribution >= 4 is 33.3 Å². The Hall–Kier alpha value is -2.65. The van der Waals surface area contributed by atoms with Gasteiger partial charge in [0.1, 0.15) is 0 Å². The van der Waals surface area contributed by atoms with Crippen LogP contribution in [-0.4, -0.2) is 41.4 Å². The van der Waals surface area contributed by atoms with Crippen LogP contribution in [0.5, 0.6) is 0 Å². The number of carbonyl (C=O) groups is 1. The minimum absolute atomic E-state index is 0.0902. The quantitative estimate of drug-likeness (QED) is 0.465. The van der Waals surface area contributed by atoms with E-state index < -0.39 is 10.0 Å². The highest BCUT2D eigenvalue weighted by molar-refractivity contribution is 7.99. The van der Waals surface area contributed by atoms with Crippen LogP contribution in [-0.2, 0) is 10.0 Å². The number of nitrogens with one attached hydrogen (secondary N) is 2. The van der Waals surface area contributed by atoms with E-state index >= 15 is 0 Å². The molecule has 0 amide bonds. The van der Waals surface area contributed by atoms with Gasteiger partial charge in [-0.1, -0.05) is 41.6 Å². The molecule has 27 heavy (non-hydrogen) atoms. The van der Waals surface area contributed by atoms with Crippen molar-refractivity contribution in [1.29, 1.82) is 0 Å². The van der Waals surface area contributed by atoms with Crippen LogP contribution < -0.4 is 4.72 Å². The average molecular weight is 403 g/mol. The van der Waals surface area contributed by atoms with Gasteiger partial charge in [-0.3, -0.25) is 14.6 Å². The Labute approximate surface area is 161 Å². The number of H-pyrrole nitrogens is 1. The molecule has 0 bridgehead atoms. The number of aromatic amines is 1. The number of nitrogens with zero attached hydrogens (tertiary/aromatic N) is 2. The van der Waals surface area contributed by atoms with Crippen LogP contribution in [0.4, 0.5) is 5.69 Å². The van der Waals surface area contributed by atoms with Gasteiger partial charge in [0.15, 0.2) is 11.6 Å². The SMILES string of the molecule is Cc1ccc(-c2nc(SCC(=O)c3ccc(NS(C)(=O)=O)cc3)n[nH]2)cc1. The van der Waals surface area contributed by atoms with Crippen molar-refractivity contribution in [1.82, 2.24) is 15.2 Å². The first-order valence-corrected chi connectivity index (χ1v) is 10.9. The first-order chi connectivity index (χ1) is 12.8. The van der Waals surface area contributed by atoms with Crippen molar-refractivity contribution in [2.45, 2.75) is 12.1 Å². The standard InChI is InChI=1S/C18H18N4O3S2/c1-12-3-5-14(6-4-12)17-19-18(21-20-17)26-11-16(23)13-7-9-15(10-8-13)22-27(2,24)25/h3-10,22H,11H2,1-2H3,(H,19,20,21). The zero-order chi connectivity index (χ0) is 19.4. The number of carbonyl (C=O) groups excluding carboxylic acids is 1. The molecular formula is C18H18N4O3S2. The predicted octanol–water partition coefficient (Wildman–Crippen LogP) is 3.13. The molecule has 0 atom stereocenters. The second-order valence-corrected chi connectivity index (χ2v) is 8.69. The van der Waals surface area contributed by atoms with Gasteiger partial charge in [0.05, 0.1) is 12.0 Å². The van der Waals surface area contributed by atoms with Gasteiger partial charge < -0.3 is 0 Å². The van der Waals surface area contributed by atoms with Crippen molar-refractivity contribution in [2.24, 2.45) is 0 Å². The lowest BCUT2D eigenvalue weighted by molar-refractivity contribution is 0.102. The normalized spacial score (nSPS) is 11.3. The maximum Gasteiger partial charge on any atom is 0.229 e. The summed E-state index contributed by atoms with van der Waals surface area (Å²) in [6.45, 7) is 2.01. The predicted molar refractivity (Wildman–Crippen MR) is 107 cm³/mol. The largest absolute Gasteiger partial charge is 0.293 e. The number of aromatic nitrogens is 3. The van der Waals surface area contributed by atoms with Crippen LogP contribution in [0.25, 0.3) is 11.4 Å². The highest BCUT2D eigenvalue weighted by atomic mass is 32.2. The zero-order valence-corrected chi connectivity index (χ0v) is 16.4. The highest BCUT2D eigenvalue weighted by Crippen LogP contribution is 2.21. The Balaban J connectivity index is 1.60. The molecular weight excluding hydrogens is 384 g/mol. The second-order valence-electron chi connectivity index (χ2n) is 6.00. The molecule has 9 heteroatoms. The summed E-state index contributed by atoms with van der Waals surface area (Å²) in [5.41, 5.74) is 3.01. The molecule has 0 aliphatic heterocycles. The molecule has 0 radical (unpaired) electrons. The molecule has 0 aliphatic carbocycles. The van der Waals surface area contributed by atoms with Gasteiger partial charge in [0.25, 0.3) is 0 Å². The Bertz CT molecular complexity index is 1040. The number of anilines is 1. The van der Waals surface area contributed by atoms with E-state index in [0.717, 1.165) is 17.4 Å². The smallest absolute Gasteiger partial charge is 0.229 e. The maximum atomic E-state index is 12.3. The summed E-state index contributed by atoms with van der Waals surface area (Å²) in [6.07, 6.45) is 1.07. The molecule has 0 saturated carbocycles. The molecule has 0 spiro atoms. The molecule has 140 valence electrons. The maximum absolute atomic E-state index is 12.3. The lowest BCUT2D eigenvalue weighted by Gasteiger charge is -2.04. The van der Waals surface area contributed by atoms with Crippen molar-refractivity contribution < 1.29 is 13.2 Å². The Kier molecular flexibility index (Phi) is 5.62. The van der Waals surface area contributed by atoms with Crippen molar-refractivity contribution in [3.8, 4) is 11.4 Å². The van der Waals surface area contributed by atoms with Crippen LogP contribution in [0.1, 0.15) is 15.9 Å². The third-order valence-electron chi connectivity index (χ3n) is 3.63. The van der Waals surface area contributed by atoms with Gasteiger partial charge in [-0.25, -0.2) is 13.4 Å². The lowest BCUT2D eigenvalue weighted by Crippen LogP contribution is -2.10. The third kappa shape index (κ3) is 5.41. The van der Waals surface area contributed by atoms with Crippen molar-refractivity contribution in [3.63, 3.8) is 0 Å². The molecule has 7 nitrogen and oxygen atoms in total. The van der Waals surface area contributed by atoms with Gasteiger partial charge in [-0.2, -0.15) is 0 Å².